The molecule has 1 heterocycles. The molecular formula is C16H25NO4. The van der Waals surface area contributed by atoms with Crippen molar-refractivity contribution in [2.75, 3.05) is 6.54 Å². The Morgan fingerprint density at radius 3 is 2.52 bits per heavy atom. The highest BCUT2D eigenvalue weighted by molar-refractivity contribution is 5.96. The average molecular weight is 295 g/mol. The third kappa shape index (κ3) is 4.92. The predicted octanol–water partition coefficient (Wildman–Crippen LogP) is 3.49. The lowest BCUT2D eigenvalue weighted by atomic mass is 9.99. The van der Waals surface area contributed by atoms with Gasteiger partial charge in [0.05, 0.1) is 0 Å². The van der Waals surface area contributed by atoms with E-state index in [0.717, 1.165) is 25.7 Å². The SMILES string of the molecule is CCCCC(CC)CNC(=O)c1cc(C(=O)O)c(CC)o1. The first kappa shape index (κ1) is 17.3. The third-order valence-corrected chi connectivity index (χ3v) is 3.68. The van der Waals surface area contributed by atoms with Crippen molar-refractivity contribution in [2.45, 2.75) is 52.9 Å². The Kier molecular flexibility index (Phi) is 6.99. The van der Waals surface area contributed by atoms with Crippen molar-refractivity contribution >= 4 is 11.9 Å². The van der Waals surface area contributed by atoms with Gasteiger partial charge in [-0.15, -0.1) is 0 Å². The molecule has 5 heteroatoms. The number of rotatable bonds is 9. The molecule has 0 bridgehead atoms. The molecule has 2 N–H and O–H groups in total. The summed E-state index contributed by atoms with van der Waals surface area (Å²) in [5, 5.41) is 11.9. The number of hydrogen-bond acceptors (Lipinski definition) is 3. The van der Waals surface area contributed by atoms with Gasteiger partial charge in [0, 0.05) is 19.0 Å². The van der Waals surface area contributed by atoms with E-state index < -0.39 is 5.97 Å². The summed E-state index contributed by atoms with van der Waals surface area (Å²) < 4.78 is 5.34. The lowest BCUT2D eigenvalue weighted by Crippen LogP contribution is -2.28. The lowest BCUT2D eigenvalue weighted by Gasteiger charge is -2.14. The quantitative estimate of drug-likeness (QED) is 0.731. The summed E-state index contributed by atoms with van der Waals surface area (Å²) >= 11 is 0. The van der Waals surface area contributed by atoms with Crippen LogP contribution in [0.3, 0.4) is 0 Å². The number of unbranched alkanes of at least 4 members (excludes halogenated alkanes) is 1. The molecular weight excluding hydrogens is 270 g/mol. The van der Waals surface area contributed by atoms with Gasteiger partial charge in [0.15, 0.2) is 5.76 Å². The number of aryl methyl sites for hydroxylation is 1. The molecule has 21 heavy (non-hydrogen) atoms. The van der Waals surface area contributed by atoms with Gasteiger partial charge in [0.2, 0.25) is 0 Å². The first-order chi connectivity index (χ1) is 10.0. The zero-order chi connectivity index (χ0) is 15.8. The molecule has 1 atom stereocenters. The summed E-state index contributed by atoms with van der Waals surface area (Å²) in [6, 6.07) is 1.31. The first-order valence-corrected chi connectivity index (χ1v) is 7.67. The fraction of sp³-hybridized carbons (Fsp3) is 0.625. The topological polar surface area (TPSA) is 79.5 Å². The van der Waals surface area contributed by atoms with E-state index >= 15 is 0 Å². The smallest absolute Gasteiger partial charge is 0.339 e. The maximum atomic E-state index is 12.0. The zero-order valence-electron chi connectivity index (χ0n) is 13.1. The van der Waals surface area contributed by atoms with Crippen molar-refractivity contribution in [2.24, 2.45) is 5.92 Å². The lowest BCUT2D eigenvalue weighted by molar-refractivity contribution is 0.0694. The summed E-state index contributed by atoms with van der Waals surface area (Å²) in [5.41, 5.74) is 0.0701. The molecule has 1 unspecified atom stereocenters. The molecule has 1 amide bonds. The van der Waals surface area contributed by atoms with E-state index in [9.17, 15) is 9.59 Å². The number of carboxylic acid groups (broad SMARTS) is 1. The van der Waals surface area contributed by atoms with Crippen molar-refractivity contribution < 1.29 is 19.1 Å². The Morgan fingerprint density at radius 1 is 1.33 bits per heavy atom. The number of carboxylic acids is 1. The van der Waals surface area contributed by atoms with Gasteiger partial charge < -0.3 is 14.8 Å². The van der Waals surface area contributed by atoms with Gasteiger partial charge in [-0.25, -0.2) is 4.79 Å². The van der Waals surface area contributed by atoms with Crippen LogP contribution in [0.2, 0.25) is 0 Å². The molecule has 0 aliphatic heterocycles. The average Bonchev–Trinajstić information content (AvgIpc) is 2.91. The molecule has 118 valence electrons. The maximum Gasteiger partial charge on any atom is 0.339 e. The summed E-state index contributed by atoms with van der Waals surface area (Å²) in [6.45, 7) is 6.65. The Bertz CT molecular complexity index is 479. The van der Waals surface area contributed by atoms with Crippen LogP contribution < -0.4 is 5.32 Å². The van der Waals surface area contributed by atoms with Gasteiger partial charge in [-0.1, -0.05) is 40.0 Å². The highest BCUT2D eigenvalue weighted by Crippen LogP contribution is 2.17. The normalized spacial score (nSPS) is 12.1. The van der Waals surface area contributed by atoms with Crippen molar-refractivity contribution in [3.63, 3.8) is 0 Å². The molecule has 0 aliphatic rings. The number of furan rings is 1. The number of carbonyl (C=O) groups is 2. The second-order valence-corrected chi connectivity index (χ2v) is 5.23. The summed E-state index contributed by atoms with van der Waals surface area (Å²) in [7, 11) is 0. The summed E-state index contributed by atoms with van der Waals surface area (Å²) in [5.74, 6) is -0.537. The largest absolute Gasteiger partial charge is 0.478 e. The van der Waals surface area contributed by atoms with Gasteiger partial charge in [0.25, 0.3) is 5.91 Å². The standard InChI is InChI=1S/C16H25NO4/c1-4-7-8-11(5-2)10-17-15(18)14-9-12(16(19)20)13(6-3)21-14/h9,11H,4-8,10H2,1-3H3,(H,17,18)(H,19,20). The molecule has 0 radical (unpaired) electrons. The Morgan fingerprint density at radius 2 is 2.05 bits per heavy atom. The molecule has 0 aliphatic carbocycles. The van der Waals surface area contributed by atoms with E-state index in [-0.39, 0.29) is 17.2 Å². The highest BCUT2D eigenvalue weighted by Gasteiger charge is 2.20. The van der Waals surface area contributed by atoms with Gasteiger partial charge in [-0.05, 0) is 12.3 Å². The number of hydrogen-bond donors (Lipinski definition) is 2. The minimum Gasteiger partial charge on any atom is -0.478 e. The molecule has 1 aromatic rings. The zero-order valence-corrected chi connectivity index (χ0v) is 13.1. The molecule has 0 fully saturated rings. The van der Waals surface area contributed by atoms with Crippen LogP contribution in [0.15, 0.2) is 10.5 Å². The van der Waals surface area contributed by atoms with E-state index in [0.29, 0.717) is 24.6 Å². The fourth-order valence-corrected chi connectivity index (χ4v) is 2.25. The second-order valence-electron chi connectivity index (χ2n) is 5.23. The third-order valence-electron chi connectivity index (χ3n) is 3.68. The Balaban J connectivity index is 2.65. The van der Waals surface area contributed by atoms with Crippen LogP contribution in [0.1, 0.15) is 73.1 Å². The minimum atomic E-state index is -1.07. The van der Waals surface area contributed by atoms with Gasteiger partial charge >= 0.3 is 5.97 Å². The van der Waals surface area contributed by atoms with Crippen molar-refractivity contribution in [1.29, 1.82) is 0 Å². The van der Waals surface area contributed by atoms with Crippen LogP contribution in [0.25, 0.3) is 0 Å². The number of aromatic carboxylic acids is 1. The van der Waals surface area contributed by atoms with Crippen LogP contribution in [0, 0.1) is 5.92 Å². The summed E-state index contributed by atoms with van der Waals surface area (Å²) in [4.78, 5) is 23.1. The van der Waals surface area contributed by atoms with E-state index in [2.05, 4.69) is 19.2 Å². The minimum absolute atomic E-state index is 0.0701. The van der Waals surface area contributed by atoms with Crippen LogP contribution >= 0.6 is 0 Å². The molecule has 0 saturated heterocycles. The molecule has 5 nitrogen and oxygen atoms in total. The van der Waals surface area contributed by atoms with Crippen LogP contribution in [-0.4, -0.2) is 23.5 Å². The molecule has 0 spiro atoms. The van der Waals surface area contributed by atoms with Crippen molar-refractivity contribution in [3.8, 4) is 0 Å². The van der Waals surface area contributed by atoms with E-state index in [1.54, 1.807) is 6.92 Å². The van der Waals surface area contributed by atoms with E-state index in [1.165, 1.54) is 6.07 Å². The van der Waals surface area contributed by atoms with Crippen molar-refractivity contribution in [1.82, 2.24) is 5.32 Å². The number of carbonyl (C=O) groups excluding carboxylic acids is 1. The molecule has 1 rings (SSSR count). The van der Waals surface area contributed by atoms with Gasteiger partial charge in [-0.3, -0.25) is 4.79 Å². The molecule has 0 aromatic carbocycles. The Labute approximate surface area is 125 Å². The molecule has 0 saturated carbocycles. The monoisotopic (exact) mass is 295 g/mol. The van der Waals surface area contributed by atoms with E-state index in [4.69, 9.17) is 9.52 Å². The number of nitrogens with one attached hydrogen (secondary N) is 1. The second kappa shape index (κ2) is 8.49. The summed E-state index contributed by atoms with van der Waals surface area (Å²) in [6.07, 6.45) is 4.84. The molecule has 1 aromatic heterocycles. The van der Waals surface area contributed by atoms with Crippen LogP contribution in [0.4, 0.5) is 0 Å². The van der Waals surface area contributed by atoms with Gasteiger partial charge in [-0.2, -0.15) is 0 Å². The first-order valence-electron chi connectivity index (χ1n) is 7.67. The maximum absolute atomic E-state index is 12.0. The van der Waals surface area contributed by atoms with Crippen LogP contribution in [-0.2, 0) is 6.42 Å². The predicted molar refractivity (Wildman–Crippen MR) is 80.7 cm³/mol. The fourth-order valence-electron chi connectivity index (χ4n) is 2.25. The van der Waals surface area contributed by atoms with Crippen molar-refractivity contribution in [3.05, 3.63) is 23.2 Å². The van der Waals surface area contributed by atoms with E-state index in [1.807, 2.05) is 0 Å². The number of amides is 1. The van der Waals surface area contributed by atoms with Gasteiger partial charge in [0.1, 0.15) is 11.3 Å². The Hall–Kier alpha value is -1.78. The van der Waals surface area contributed by atoms with Crippen LogP contribution in [0.5, 0.6) is 0 Å². The highest BCUT2D eigenvalue weighted by atomic mass is 16.4.